The summed E-state index contributed by atoms with van der Waals surface area (Å²) in [6.45, 7) is 5.54. The van der Waals surface area contributed by atoms with Crippen molar-refractivity contribution in [1.82, 2.24) is 15.3 Å². The molecular formula is C19H24F3N3O2S2. The number of nitrogens with one attached hydrogen (secondary N) is 2. The van der Waals surface area contributed by atoms with Crippen LogP contribution in [0.5, 0.6) is 0 Å². The third-order valence-electron chi connectivity index (χ3n) is 5.41. The molecular weight excluding hydrogens is 423 g/mol. The van der Waals surface area contributed by atoms with Crippen molar-refractivity contribution in [3.8, 4) is 0 Å². The van der Waals surface area contributed by atoms with Crippen LogP contribution in [-0.4, -0.2) is 33.3 Å². The topological polar surface area (TPSA) is 74.8 Å². The van der Waals surface area contributed by atoms with Gasteiger partial charge < -0.3 is 10.3 Å². The van der Waals surface area contributed by atoms with Gasteiger partial charge in [-0.05, 0) is 45.6 Å². The summed E-state index contributed by atoms with van der Waals surface area (Å²) in [4.78, 5) is 33.7. The van der Waals surface area contributed by atoms with Crippen LogP contribution in [0.15, 0.2) is 4.79 Å². The van der Waals surface area contributed by atoms with Crippen molar-refractivity contribution in [3.05, 3.63) is 26.6 Å². The number of thioether (sulfide) groups is 1. The molecule has 2 aromatic rings. The van der Waals surface area contributed by atoms with Crippen LogP contribution in [0.25, 0.3) is 10.2 Å². The van der Waals surface area contributed by atoms with Gasteiger partial charge in [0.05, 0.1) is 22.3 Å². The van der Waals surface area contributed by atoms with Crippen molar-refractivity contribution in [2.45, 2.75) is 69.7 Å². The SMILES string of the molecule is Cc1sc2nc(CSC(C)C(=O)NC3CCCC(C(F)(F)F)C3)[nH]c(=O)c2c1C. The molecule has 2 aromatic heterocycles. The maximum atomic E-state index is 12.9. The van der Waals surface area contributed by atoms with Gasteiger partial charge in [0.25, 0.3) is 5.56 Å². The maximum Gasteiger partial charge on any atom is 0.391 e. The zero-order valence-electron chi connectivity index (χ0n) is 16.5. The van der Waals surface area contributed by atoms with Crippen molar-refractivity contribution in [3.63, 3.8) is 0 Å². The Morgan fingerprint density at radius 3 is 2.79 bits per heavy atom. The highest BCUT2D eigenvalue weighted by atomic mass is 32.2. The van der Waals surface area contributed by atoms with Crippen molar-refractivity contribution in [2.24, 2.45) is 5.92 Å². The number of carbonyl (C=O) groups excluding carboxylic acids is 1. The fourth-order valence-electron chi connectivity index (χ4n) is 3.58. The standard InChI is InChI=1S/C19H24F3N3O2S2/c1-9-10(2)29-18-15(9)17(27)24-14(25-18)8-28-11(3)16(26)23-13-6-4-5-12(7-13)19(20,21)22/h11-13H,4-8H2,1-3H3,(H,23,26)(H,24,25,27). The average molecular weight is 448 g/mol. The molecule has 0 bridgehead atoms. The lowest BCUT2D eigenvalue weighted by Crippen LogP contribution is -2.44. The molecule has 0 aliphatic heterocycles. The molecule has 5 nitrogen and oxygen atoms in total. The molecule has 1 aliphatic carbocycles. The van der Waals surface area contributed by atoms with Gasteiger partial charge in [-0.25, -0.2) is 4.98 Å². The molecule has 2 heterocycles. The molecule has 160 valence electrons. The van der Waals surface area contributed by atoms with Crippen LogP contribution in [0.2, 0.25) is 0 Å². The van der Waals surface area contributed by atoms with E-state index in [0.29, 0.717) is 34.6 Å². The number of carbonyl (C=O) groups is 1. The number of nitrogens with zero attached hydrogens (tertiary/aromatic N) is 1. The summed E-state index contributed by atoms with van der Waals surface area (Å²) >= 11 is 2.76. The Hall–Kier alpha value is -1.55. The molecule has 29 heavy (non-hydrogen) atoms. The Morgan fingerprint density at radius 1 is 1.38 bits per heavy atom. The smallest absolute Gasteiger partial charge is 0.352 e. The van der Waals surface area contributed by atoms with Gasteiger partial charge in [-0.15, -0.1) is 23.1 Å². The van der Waals surface area contributed by atoms with Crippen molar-refractivity contribution in [1.29, 1.82) is 0 Å². The summed E-state index contributed by atoms with van der Waals surface area (Å²) in [7, 11) is 0. The van der Waals surface area contributed by atoms with Gasteiger partial charge in [0, 0.05) is 10.9 Å². The van der Waals surface area contributed by atoms with Gasteiger partial charge in [-0.1, -0.05) is 6.42 Å². The number of halogens is 3. The molecule has 1 saturated carbocycles. The number of aryl methyl sites for hydroxylation is 2. The molecule has 0 spiro atoms. The number of rotatable bonds is 5. The van der Waals surface area contributed by atoms with Gasteiger partial charge >= 0.3 is 6.18 Å². The number of fused-ring (bicyclic) bond motifs is 1. The molecule has 1 aliphatic rings. The predicted molar refractivity (Wildman–Crippen MR) is 110 cm³/mol. The first kappa shape index (κ1) is 22.1. The fourth-order valence-corrected chi connectivity index (χ4v) is 5.40. The molecule has 3 atom stereocenters. The summed E-state index contributed by atoms with van der Waals surface area (Å²) in [5.41, 5.74) is 0.736. The molecule has 10 heteroatoms. The Labute approximate surface area is 174 Å². The zero-order valence-corrected chi connectivity index (χ0v) is 18.1. The number of aromatic nitrogens is 2. The number of aromatic amines is 1. The Bertz CT molecular complexity index is 955. The lowest BCUT2D eigenvalue weighted by molar-refractivity contribution is -0.184. The van der Waals surface area contributed by atoms with E-state index in [0.717, 1.165) is 10.4 Å². The van der Waals surface area contributed by atoms with E-state index in [1.807, 2.05) is 13.8 Å². The zero-order chi connectivity index (χ0) is 21.3. The highest BCUT2D eigenvalue weighted by Crippen LogP contribution is 2.37. The third kappa shape index (κ3) is 5.14. The van der Waals surface area contributed by atoms with Gasteiger partial charge in [0.1, 0.15) is 10.7 Å². The number of amides is 1. The summed E-state index contributed by atoms with van der Waals surface area (Å²) in [6, 6.07) is -0.447. The minimum absolute atomic E-state index is 0.0603. The van der Waals surface area contributed by atoms with E-state index in [1.165, 1.54) is 23.1 Å². The van der Waals surface area contributed by atoms with E-state index in [9.17, 15) is 22.8 Å². The van der Waals surface area contributed by atoms with Crippen LogP contribution >= 0.6 is 23.1 Å². The fraction of sp³-hybridized carbons (Fsp3) is 0.632. The normalized spacial score (nSPS) is 21.3. The molecule has 2 N–H and O–H groups in total. The highest BCUT2D eigenvalue weighted by Gasteiger charge is 2.42. The predicted octanol–water partition coefficient (Wildman–Crippen LogP) is 4.46. The lowest BCUT2D eigenvalue weighted by atomic mass is 9.85. The van der Waals surface area contributed by atoms with Crippen molar-refractivity contribution >= 4 is 39.2 Å². The Kier molecular flexibility index (Phi) is 6.62. The van der Waals surface area contributed by atoms with Crippen LogP contribution in [0, 0.1) is 19.8 Å². The molecule has 3 rings (SSSR count). The van der Waals surface area contributed by atoms with E-state index in [1.54, 1.807) is 6.92 Å². The first-order chi connectivity index (χ1) is 13.6. The van der Waals surface area contributed by atoms with Crippen molar-refractivity contribution in [2.75, 3.05) is 0 Å². The molecule has 0 radical (unpaired) electrons. The maximum absolute atomic E-state index is 12.9. The van der Waals surface area contributed by atoms with E-state index in [-0.39, 0.29) is 24.3 Å². The monoisotopic (exact) mass is 447 g/mol. The van der Waals surface area contributed by atoms with E-state index in [2.05, 4.69) is 15.3 Å². The van der Waals surface area contributed by atoms with E-state index in [4.69, 9.17) is 0 Å². The van der Waals surface area contributed by atoms with Gasteiger partial charge in [-0.2, -0.15) is 13.2 Å². The minimum atomic E-state index is -4.21. The average Bonchev–Trinajstić information content (AvgIpc) is 2.93. The molecule has 0 aromatic carbocycles. The van der Waals surface area contributed by atoms with Gasteiger partial charge in [-0.3, -0.25) is 9.59 Å². The lowest BCUT2D eigenvalue weighted by Gasteiger charge is -2.31. The minimum Gasteiger partial charge on any atom is -0.352 e. The quantitative estimate of drug-likeness (QED) is 0.710. The third-order valence-corrected chi connectivity index (χ3v) is 7.67. The Morgan fingerprint density at radius 2 is 2.10 bits per heavy atom. The molecule has 1 amide bonds. The number of thiophene rings is 1. The summed E-state index contributed by atoms with van der Waals surface area (Å²) in [5, 5.41) is 2.90. The van der Waals surface area contributed by atoms with Crippen LogP contribution in [0.4, 0.5) is 13.2 Å². The van der Waals surface area contributed by atoms with Crippen LogP contribution in [-0.2, 0) is 10.5 Å². The first-order valence-corrected chi connectivity index (χ1v) is 11.4. The number of hydrogen-bond acceptors (Lipinski definition) is 5. The second-order valence-electron chi connectivity index (χ2n) is 7.54. The van der Waals surface area contributed by atoms with E-state index < -0.39 is 23.4 Å². The number of hydrogen-bond donors (Lipinski definition) is 2. The molecule has 0 saturated heterocycles. The molecule has 1 fully saturated rings. The Balaban J connectivity index is 1.58. The van der Waals surface area contributed by atoms with Crippen molar-refractivity contribution < 1.29 is 18.0 Å². The summed E-state index contributed by atoms with van der Waals surface area (Å²) in [6.07, 6.45) is -3.11. The number of alkyl halides is 3. The summed E-state index contributed by atoms with van der Waals surface area (Å²) < 4.78 is 38.8. The van der Waals surface area contributed by atoms with E-state index >= 15 is 0 Å². The van der Waals surface area contributed by atoms with Crippen LogP contribution in [0.1, 0.15) is 48.9 Å². The van der Waals surface area contributed by atoms with Crippen LogP contribution in [0.3, 0.4) is 0 Å². The van der Waals surface area contributed by atoms with Crippen LogP contribution < -0.4 is 10.9 Å². The second kappa shape index (κ2) is 8.67. The second-order valence-corrected chi connectivity index (χ2v) is 10.1. The van der Waals surface area contributed by atoms with Gasteiger partial charge in [0.2, 0.25) is 5.91 Å². The molecule has 3 unspecified atom stereocenters. The highest BCUT2D eigenvalue weighted by molar-refractivity contribution is 7.99. The summed E-state index contributed by atoms with van der Waals surface area (Å²) in [5.74, 6) is -0.800. The first-order valence-electron chi connectivity index (χ1n) is 9.53. The largest absolute Gasteiger partial charge is 0.391 e. The van der Waals surface area contributed by atoms with Gasteiger partial charge in [0.15, 0.2) is 0 Å². The number of H-pyrrole nitrogens is 1.